The standard InChI is InChI=1S/C21H20O5/c1-12-5-10-17-18(11-12)26-20(15-6-8-16(24-4)9-7-15)21(19(17)23)25-14(3)13(2)22/h5-11,14H,1-4H3/t14-/m1/s1. The molecule has 0 aliphatic rings. The Bertz CT molecular complexity index is 1010. The van der Waals surface area contributed by atoms with E-state index in [1.54, 1.807) is 44.4 Å². The first-order valence-corrected chi connectivity index (χ1v) is 8.29. The van der Waals surface area contributed by atoms with E-state index in [-0.39, 0.29) is 17.0 Å². The summed E-state index contributed by atoms with van der Waals surface area (Å²) in [4.78, 5) is 24.6. The zero-order chi connectivity index (χ0) is 18.8. The molecule has 0 saturated heterocycles. The van der Waals surface area contributed by atoms with E-state index >= 15 is 0 Å². The predicted molar refractivity (Wildman–Crippen MR) is 100.0 cm³/mol. The molecule has 3 aromatic rings. The van der Waals surface area contributed by atoms with Crippen LogP contribution in [0.4, 0.5) is 0 Å². The molecule has 1 heterocycles. The molecule has 0 aliphatic carbocycles. The van der Waals surface area contributed by atoms with Gasteiger partial charge >= 0.3 is 0 Å². The molecule has 134 valence electrons. The fourth-order valence-corrected chi connectivity index (χ4v) is 2.58. The van der Waals surface area contributed by atoms with Crippen molar-refractivity contribution in [2.75, 3.05) is 7.11 Å². The molecule has 0 saturated carbocycles. The molecule has 1 aromatic heterocycles. The third kappa shape index (κ3) is 3.33. The summed E-state index contributed by atoms with van der Waals surface area (Å²) in [5.41, 5.74) is 1.82. The fraction of sp³-hybridized carbons (Fsp3) is 0.238. The van der Waals surface area contributed by atoms with E-state index in [1.807, 2.05) is 19.1 Å². The number of carbonyl (C=O) groups is 1. The topological polar surface area (TPSA) is 65.7 Å². The summed E-state index contributed by atoms with van der Waals surface area (Å²) in [6, 6.07) is 12.5. The average Bonchev–Trinajstić information content (AvgIpc) is 2.63. The van der Waals surface area contributed by atoms with Gasteiger partial charge in [-0.3, -0.25) is 9.59 Å². The van der Waals surface area contributed by atoms with Gasteiger partial charge in [0.1, 0.15) is 11.3 Å². The Labute approximate surface area is 151 Å². The fourth-order valence-electron chi connectivity index (χ4n) is 2.58. The van der Waals surface area contributed by atoms with Gasteiger partial charge < -0.3 is 13.9 Å². The van der Waals surface area contributed by atoms with E-state index in [2.05, 4.69) is 0 Å². The predicted octanol–water partition coefficient (Wildman–Crippen LogP) is 4.13. The number of ketones is 1. The minimum Gasteiger partial charge on any atom is -0.497 e. The number of rotatable bonds is 5. The van der Waals surface area contributed by atoms with Crippen LogP contribution in [0.15, 0.2) is 51.7 Å². The lowest BCUT2D eigenvalue weighted by Gasteiger charge is -2.15. The van der Waals surface area contributed by atoms with Crippen LogP contribution in [-0.4, -0.2) is 19.0 Å². The molecule has 0 aliphatic heterocycles. The van der Waals surface area contributed by atoms with Crippen LogP contribution in [0.3, 0.4) is 0 Å². The smallest absolute Gasteiger partial charge is 0.235 e. The van der Waals surface area contributed by atoms with E-state index in [4.69, 9.17) is 13.9 Å². The molecule has 5 heteroatoms. The summed E-state index contributed by atoms with van der Waals surface area (Å²) in [6.45, 7) is 4.96. The Morgan fingerprint density at radius 3 is 2.42 bits per heavy atom. The van der Waals surface area contributed by atoms with Gasteiger partial charge in [0.2, 0.25) is 11.2 Å². The van der Waals surface area contributed by atoms with Crippen molar-refractivity contribution in [3.05, 3.63) is 58.3 Å². The van der Waals surface area contributed by atoms with E-state index in [0.717, 1.165) is 5.56 Å². The number of fused-ring (bicyclic) bond motifs is 1. The molecule has 26 heavy (non-hydrogen) atoms. The zero-order valence-corrected chi connectivity index (χ0v) is 15.2. The van der Waals surface area contributed by atoms with Crippen LogP contribution >= 0.6 is 0 Å². The number of hydrogen-bond acceptors (Lipinski definition) is 5. The highest BCUT2D eigenvalue weighted by Gasteiger charge is 2.21. The maximum atomic E-state index is 13.0. The molecular formula is C21H20O5. The molecule has 0 unspecified atom stereocenters. The van der Waals surface area contributed by atoms with Crippen molar-refractivity contribution in [3.8, 4) is 22.8 Å². The van der Waals surface area contributed by atoms with Gasteiger partial charge in [0, 0.05) is 5.56 Å². The molecule has 2 aromatic carbocycles. The molecular weight excluding hydrogens is 332 g/mol. The maximum Gasteiger partial charge on any atom is 0.235 e. The van der Waals surface area contributed by atoms with Crippen LogP contribution in [0.1, 0.15) is 19.4 Å². The largest absolute Gasteiger partial charge is 0.497 e. The van der Waals surface area contributed by atoms with E-state index in [9.17, 15) is 9.59 Å². The van der Waals surface area contributed by atoms with Crippen molar-refractivity contribution in [2.45, 2.75) is 26.9 Å². The zero-order valence-electron chi connectivity index (χ0n) is 15.2. The Hall–Kier alpha value is -3.08. The number of benzene rings is 2. The minimum atomic E-state index is -0.752. The highest BCUT2D eigenvalue weighted by Crippen LogP contribution is 2.32. The molecule has 0 N–H and O–H groups in total. The number of methoxy groups -OCH3 is 1. The van der Waals surface area contributed by atoms with E-state index in [0.29, 0.717) is 28.0 Å². The number of Topliss-reactive ketones (excluding diaryl/α,β-unsaturated/α-hetero) is 1. The molecule has 1 atom stereocenters. The molecule has 5 nitrogen and oxygen atoms in total. The van der Waals surface area contributed by atoms with Crippen molar-refractivity contribution < 1.29 is 18.7 Å². The number of hydrogen-bond donors (Lipinski definition) is 0. The van der Waals surface area contributed by atoms with Gasteiger partial charge in [-0.25, -0.2) is 0 Å². The SMILES string of the molecule is COc1ccc(-c2oc3cc(C)ccc3c(=O)c2O[C@H](C)C(C)=O)cc1. The minimum absolute atomic E-state index is 0.0363. The van der Waals surface area contributed by atoms with Crippen LogP contribution in [-0.2, 0) is 4.79 Å². The van der Waals surface area contributed by atoms with Crippen LogP contribution < -0.4 is 14.9 Å². The van der Waals surface area contributed by atoms with Crippen molar-refractivity contribution in [1.29, 1.82) is 0 Å². The quantitative estimate of drug-likeness (QED) is 0.691. The van der Waals surface area contributed by atoms with Gasteiger partial charge in [0.05, 0.1) is 12.5 Å². The summed E-state index contributed by atoms with van der Waals surface area (Å²) in [5.74, 6) is 0.847. The molecule has 0 spiro atoms. The molecule has 0 amide bonds. The summed E-state index contributed by atoms with van der Waals surface area (Å²) in [5, 5.41) is 0.415. The van der Waals surface area contributed by atoms with Crippen LogP contribution in [0, 0.1) is 6.92 Å². The second kappa shape index (κ2) is 7.04. The molecule has 0 fully saturated rings. The highest BCUT2D eigenvalue weighted by molar-refractivity contribution is 5.84. The van der Waals surface area contributed by atoms with Gasteiger partial charge in [0.15, 0.2) is 17.6 Å². The second-order valence-electron chi connectivity index (χ2n) is 6.19. The molecule has 0 radical (unpaired) electrons. The lowest BCUT2D eigenvalue weighted by Crippen LogP contribution is -2.24. The van der Waals surface area contributed by atoms with Crippen LogP contribution in [0.5, 0.6) is 11.5 Å². The number of ether oxygens (including phenoxy) is 2. The Kier molecular flexibility index (Phi) is 4.80. The summed E-state index contributed by atoms with van der Waals surface area (Å²) < 4.78 is 16.9. The summed E-state index contributed by atoms with van der Waals surface area (Å²) in [6.07, 6.45) is -0.752. The van der Waals surface area contributed by atoms with Crippen LogP contribution in [0.2, 0.25) is 0 Å². The van der Waals surface area contributed by atoms with Gasteiger partial charge in [-0.1, -0.05) is 6.07 Å². The van der Waals surface area contributed by atoms with E-state index in [1.165, 1.54) is 6.92 Å². The normalized spacial score (nSPS) is 12.0. The third-order valence-corrected chi connectivity index (χ3v) is 4.23. The number of carbonyl (C=O) groups excluding carboxylic acids is 1. The van der Waals surface area contributed by atoms with Gasteiger partial charge in [-0.2, -0.15) is 0 Å². The second-order valence-corrected chi connectivity index (χ2v) is 6.19. The molecule has 3 rings (SSSR count). The average molecular weight is 352 g/mol. The van der Waals surface area contributed by atoms with E-state index < -0.39 is 6.10 Å². The van der Waals surface area contributed by atoms with Gasteiger partial charge in [0.25, 0.3) is 0 Å². The lowest BCUT2D eigenvalue weighted by molar-refractivity contribution is -0.122. The third-order valence-electron chi connectivity index (χ3n) is 4.23. The summed E-state index contributed by atoms with van der Waals surface area (Å²) >= 11 is 0. The Morgan fingerprint density at radius 1 is 1.12 bits per heavy atom. The Balaban J connectivity index is 2.25. The first kappa shape index (κ1) is 17.7. The number of aryl methyl sites for hydroxylation is 1. The highest BCUT2D eigenvalue weighted by atomic mass is 16.5. The van der Waals surface area contributed by atoms with Crippen molar-refractivity contribution >= 4 is 16.8 Å². The van der Waals surface area contributed by atoms with Crippen molar-refractivity contribution in [1.82, 2.24) is 0 Å². The van der Waals surface area contributed by atoms with Crippen LogP contribution in [0.25, 0.3) is 22.3 Å². The van der Waals surface area contributed by atoms with Gasteiger partial charge in [-0.15, -0.1) is 0 Å². The van der Waals surface area contributed by atoms with Crippen molar-refractivity contribution in [3.63, 3.8) is 0 Å². The first-order valence-electron chi connectivity index (χ1n) is 8.29. The first-order chi connectivity index (χ1) is 12.4. The summed E-state index contributed by atoms with van der Waals surface area (Å²) in [7, 11) is 1.58. The Morgan fingerprint density at radius 2 is 1.81 bits per heavy atom. The monoisotopic (exact) mass is 352 g/mol. The van der Waals surface area contributed by atoms with Gasteiger partial charge in [-0.05, 0) is 62.7 Å². The molecule has 0 bridgehead atoms. The van der Waals surface area contributed by atoms with Crippen molar-refractivity contribution in [2.24, 2.45) is 0 Å². The lowest BCUT2D eigenvalue weighted by atomic mass is 10.1. The maximum absolute atomic E-state index is 13.0.